The Hall–Kier alpha value is -2.82. The first-order valence-electron chi connectivity index (χ1n) is 10.2. The first-order valence-corrected chi connectivity index (χ1v) is 10.2. The molecule has 2 amide bonds. The van der Waals surface area contributed by atoms with Crippen molar-refractivity contribution in [2.75, 3.05) is 23.3 Å². The van der Waals surface area contributed by atoms with Gasteiger partial charge in [0.25, 0.3) is 11.8 Å². The second-order valence-corrected chi connectivity index (χ2v) is 7.50. The maximum Gasteiger partial charge on any atom is 0.257 e. The largest absolute Gasteiger partial charge is 0.351 e. The third-order valence-electron chi connectivity index (χ3n) is 5.83. The average Bonchev–Trinajstić information content (AvgIpc) is 2.74. The lowest BCUT2D eigenvalue weighted by Gasteiger charge is -2.47. The molecule has 0 saturated carbocycles. The Bertz CT molecular complexity index is 908. The van der Waals surface area contributed by atoms with Crippen LogP contribution in [-0.2, 0) is 6.42 Å². The van der Waals surface area contributed by atoms with E-state index in [4.69, 9.17) is 0 Å². The number of benzene rings is 2. The molecule has 1 N–H and O–H groups in total. The standard InChI is InChI=1S/C23H27N3O2/c1-3-16-8-7-9-18(14-16)24-22(27)17-11-12-19-20(15-17)25(4-2)21-10-5-6-13-26(21)23(19)28/h7-9,11-12,14-15,21H,3-6,10,13H2,1-2H3,(H,24,27)/t21-/m0/s1. The summed E-state index contributed by atoms with van der Waals surface area (Å²) in [7, 11) is 0. The smallest absolute Gasteiger partial charge is 0.257 e. The summed E-state index contributed by atoms with van der Waals surface area (Å²) in [6.45, 7) is 5.82. The lowest BCUT2D eigenvalue weighted by molar-refractivity contribution is 0.0582. The van der Waals surface area contributed by atoms with Crippen LogP contribution in [0.3, 0.4) is 0 Å². The molecule has 2 aromatic carbocycles. The summed E-state index contributed by atoms with van der Waals surface area (Å²) in [4.78, 5) is 30.0. The number of anilines is 2. The quantitative estimate of drug-likeness (QED) is 0.865. The molecule has 146 valence electrons. The number of rotatable bonds is 4. The zero-order valence-corrected chi connectivity index (χ0v) is 16.6. The van der Waals surface area contributed by atoms with E-state index in [0.717, 1.165) is 50.1 Å². The van der Waals surface area contributed by atoms with Crippen molar-refractivity contribution >= 4 is 23.2 Å². The molecule has 5 nitrogen and oxygen atoms in total. The molecule has 1 atom stereocenters. The molecule has 28 heavy (non-hydrogen) atoms. The number of nitrogens with one attached hydrogen (secondary N) is 1. The minimum atomic E-state index is -0.148. The third-order valence-corrected chi connectivity index (χ3v) is 5.83. The van der Waals surface area contributed by atoms with Gasteiger partial charge in [-0.05, 0) is 68.5 Å². The Kier molecular flexibility index (Phi) is 5.07. The van der Waals surface area contributed by atoms with Gasteiger partial charge < -0.3 is 15.1 Å². The fourth-order valence-electron chi connectivity index (χ4n) is 4.33. The molecule has 1 fully saturated rings. The van der Waals surface area contributed by atoms with E-state index in [9.17, 15) is 9.59 Å². The van der Waals surface area contributed by atoms with Gasteiger partial charge in [-0.2, -0.15) is 0 Å². The first-order chi connectivity index (χ1) is 13.6. The number of hydrogen-bond donors (Lipinski definition) is 1. The normalized spacial score (nSPS) is 18.5. The fraction of sp³-hybridized carbons (Fsp3) is 0.391. The predicted molar refractivity (Wildman–Crippen MR) is 112 cm³/mol. The lowest BCUT2D eigenvalue weighted by Crippen LogP contribution is -2.57. The van der Waals surface area contributed by atoms with Crippen LogP contribution in [-0.4, -0.2) is 36.0 Å². The monoisotopic (exact) mass is 377 g/mol. The first kappa shape index (κ1) is 18.5. The van der Waals surface area contributed by atoms with Gasteiger partial charge >= 0.3 is 0 Å². The Morgan fingerprint density at radius 3 is 2.79 bits per heavy atom. The molecule has 4 rings (SSSR count). The number of aryl methyl sites for hydroxylation is 1. The van der Waals surface area contributed by atoms with Gasteiger partial charge in [0, 0.05) is 24.3 Å². The van der Waals surface area contributed by atoms with Crippen LogP contribution in [0.25, 0.3) is 0 Å². The maximum absolute atomic E-state index is 13.0. The van der Waals surface area contributed by atoms with E-state index in [1.54, 1.807) is 6.07 Å². The van der Waals surface area contributed by atoms with E-state index in [1.165, 1.54) is 5.56 Å². The molecular formula is C23H27N3O2. The summed E-state index contributed by atoms with van der Waals surface area (Å²) >= 11 is 0. The summed E-state index contributed by atoms with van der Waals surface area (Å²) in [6.07, 6.45) is 4.21. The molecule has 0 aliphatic carbocycles. The van der Waals surface area contributed by atoms with E-state index in [2.05, 4.69) is 30.1 Å². The molecule has 2 aromatic rings. The molecule has 2 aliphatic rings. The number of nitrogens with zero attached hydrogens (tertiary/aromatic N) is 2. The van der Waals surface area contributed by atoms with Crippen molar-refractivity contribution in [2.24, 2.45) is 0 Å². The van der Waals surface area contributed by atoms with Crippen molar-refractivity contribution in [3.05, 3.63) is 59.2 Å². The van der Waals surface area contributed by atoms with Gasteiger partial charge in [0.15, 0.2) is 0 Å². The van der Waals surface area contributed by atoms with Crippen LogP contribution >= 0.6 is 0 Å². The Morgan fingerprint density at radius 1 is 1.14 bits per heavy atom. The number of hydrogen-bond acceptors (Lipinski definition) is 3. The summed E-state index contributed by atoms with van der Waals surface area (Å²) in [6, 6.07) is 13.3. The zero-order chi connectivity index (χ0) is 19.7. The van der Waals surface area contributed by atoms with Crippen molar-refractivity contribution < 1.29 is 9.59 Å². The van der Waals surface area contributed by atoms with E-state index in [0.29, 0.717) is 11.1 Å². The molecule has 0 aromatic heterocycles. The molecule has 1 saturated heterocycles. The second kappa shape index (κ2) is 7.66. The van der Waals surface area contributed by atoms with Gasteiger partial charge in [-0.3, -0.25) is 9.59 Å². The van der Waals surface area contributed by atoms with Crippen LogP contribution in [0.15, 0.2) is 42.5 Å². The van der Waals surface area contributed by atoms with Crippen molar-refractivity contribution in [2.45, 2.75) is 45.7 Å². The highest BCUT2D eigenvalue weighted by Gasteiger charge is 2.38. The minimum Gasteiger partial charge on any atom is -0.351 e. The van der Waals surface area contributed by atoms with Gasteiger partial charge in [0.2, 0.25) is 0 Å². The minimum absolute atomic E-state index is 0.0898. The summed E-state index contributed by atoms with van der Waals surface area (Å²) in [5.74, 6) is -0.0577. The predicted octanol–water partition coefficient (Wildman–Crippen LogP) is 4.29. The van der Waals surface area contributed by atoms with Crippen molar-refractivity contribution in [3.8, 4) is 0 Å². The molecule has 2 heterocycles. The number of fused-ring (bicyclic) bond motifs is 2. The van der Waals surface area contributed by atoms with E-state index in [-0.39, 0.29) is 18.0 Å². The van der Waals surface area contributed by atoms with Gasteiger partial charge in [-0.25, -0.2) is 0 Å². The van der Waals surface area contributed by atoms with Crippen LogP contribution in [0, 0.1) is 0 Å². The second-order valence-electron chi connectivity index (χ2n) is 7.50. The topological polar surface area (TPSA) is 52.7 Å². The molecule has 5 heteroatoms. The maximum atomic E-state index is 13.0. The van der Waals surface area contributed by atoms with Crippen LogP contribution in [0.2, 0.25) is 0 Å². The summed E-state index contributed by atoms with van der Waals surface area (Å²) < 4.78 is 0. The summed E-state index contributed by atoms with van der Waals surface area (Å²) in [5, 5.41) is 2.99. The van der Waals surface area contributed by atoms with Crippen LogP contribution < -0.4 is 10.2 Å². The van der Waals surface area contributed by atoms with Gasteiger partial charge in [-0.15, -0.1) is 0 Å². The summed E-state index contributed by atoms with van der Waals surface area (Å²) in [5.41, 5.74) is 4.14. The lowest BCUT2D eigenvalue weighted by atomic mass is 9.97. The van der Waals surface area contributed by atoms with Crippen LogP contribution in [0.4, 0.5) is 11.4 Å². The van der Waals surface area contributed by atoms with E-state index >= 15 is 0 Å². The third kappa shape index (κ3) is 3.26. The average molecular weight is 377 g/mol. The molecule has 0 spiro atoms. The highest BCUT2D eigenvalue weighted by atomic mass is 16.2. The van der Waals surface area contributed by atoms with Crippen molar-refractivity contribution in [1.29, 1.82) is 0 Å². The number of carbonyl (C=O) groups excluding carboxylic acids is 2. The molecule has 0 unspecified atom stereocenters. The number of carbonyl (C=O) groups is 2. The Labute approximate surface area is 166 Å². The van der Waals surface area contributed by atoms with Crippen molar-refractivity contribution in [1.82, 2.24) is 4.90 Å². The van der Waals surface area contributed by atoms with E-state index in [1.807, 2.05) is 35.2 Å². The van der Waals surface area contributed by atoms with Crippen LogP contribution in [0.5, 0.6) is 0 Å². The molecule has 0 bridgehead atoms. The van der Waals surface area contributed by atoms with Crippen LogP contribution in [0.1, 0.15) is 59.4 Å². The highest BCUT2D eigenvalue weighted by Crippen LogP contribution is 2.35. The fourth-order valence-corrected chi connectivity index (χ4v) is 4.33. The van der Waals surface area contributed by atoms with Gasteiger partial charge in [-0.1, -0.05) is 19.1 Å². The molecular weight excluding hydrogens is 350 g/mol. The number of piperidine rings is 1. The highest BCUT2D eigenvalue weighted by molar-refractivity contribution is 6.08. The van der Waals surface area contributed by atoms with Crippen molar-refractivity contribution in [3.63, 3.8) is 0 Å². The number of amides is 2. The van der Waals surface area contributed by atoms with Gasteiger partial charge in [0.05, 0.1) is 11.3 Å². The van der Waals surface area contributed by atoms with Gasteiger partial charge in [0.1, 0.15) is 6.17 Å². The Balaban J connectivity index is 1.64. The molecule has 0 radical (unpaired) electrons. The zero-order valence-electron chi connectivity index (χ0n) is 16.6. The molecule has 2 aliphatic heterocycles. The van der Waals surface area contributed by atoms with E-state index < -0.39 is 0 Å². The SMILES string of the molecule is CCc1cccc(NC(=O)c2ccc3c(c2)N(CC)[C@@H]2CCCCN2C3=O)c1. The Morgan fingerprint density at radius 2 is 2.00 bits per heavy atom.